The third-order valence-electron chi connectivity index (χ3n) is 2.77. The average Bonchev–Trinajstić information content (AvgIpc) is 2.52. The van der Waals surface area contributed by atoms with Gasteiger partial charge in [-0.15, -0.1) is 0 Å². The number of aliphatic carboxylic acids is 1. The van der Waals surface area contributed by atoms with E-state index in [-0.39, 0.29) is 35.7 Å². The maximum Gasteiger partial charge on any atom is 0.338 e. The van der Waals surface area contributed by atoms with E-state index in [0.717, 1.165) is 0 Å². The number of ether oxygens (including phenoxy) is 3. The number of hydrogen-bond donors (Lipinski definition) is 3. The first-order chi connectivity index (χ1) is 10.9. The predicted octanol–water partition coefficient (Wildman–Crippen LogP) is 1.09. The number of benzene rings is 1. The standard InChI is InChI=1S/C14H18N2O7/c1-21-10-7-8(13(19)23-3)6-9(12(10)22-2)16-14(20)15-5-4-11(17)18/h6-7H,4-5H2,1-3H3,(H,17,18)(H2,15,16,20). The topological polar surface area (TPSA) is 123 Å². The van der Waals surface area contributed by atoms with Crippen LogP contribution in [0.1, 0.15) is 16.8 Å². The summed E-state index contributed by atoms with van der Waals surface area (Å²) in [6.07, 6.45) is -0.212. The van der Waals surface area contributed by atoms with E-state index < -0.39 is 18.0 Å². The Morgan fingerprint density at radius 3 is 2.35 bits per heavy atom. The molecule has 23 heavy (non-hydrogen) atoms. The van der Waals surface area contributed by atoms with Gasteiger partial charge in [0.15, 0.2) is 11.5 Å². The van der Waals surface area contributed by atoms with E-state index in [1.54, 1.807) is 0 Å². The molecule has 0 aliphatic rings. The van der Waals surface area contributed by atoms with E-state index >= 15 is 0 Å². The number of hydrogen-bond acceptors (Lipinski definition) is 6. The van der Waals surface area contributed by atoms with Crippen LogP contribution in [0.15, 0.2) is 12.1 Å². The number of methoxy groups -OCH3 is 3. The highest BCUT2D eigenvalue weighted by Gasteiger charge is 2.18. The minimum Gasteiger partial charge on any atom is -0.493 e. The normalized spacial score (nSPS) is 9.70. The molecule has 0 heterocycles. The van der Waals surface area contributed by atoms with E-state index in [1.165, 1.54) is 33.5 Å². The summed E-state index contributed by atoms with van der Waals surface area (Å²) in [6, 6.07) is 2.14. The molecule has 9 nitrogen and oxygen atoms in total. The van der Waals surface area contributed by atoms with Gasteiger partial charge in [0, 0.05) is 6.54 Å². The summed E-state index contributed by atoms with van der Waals surface area (Å²) in [5.74, 6) is -1.19. The van der Waals surface area contributed by atoms with Crippen molar-refractivity contribution in [2.24, 2.45) is 0 Å². The van der Waals surface area contributed by atoms with Crippen molar-refractivity contribution in [3.63, 3.8) is 0 Å². The molecule has 9 heteroatoms. The second-order valence-electron chi connectivity index (χ2n) is 4.28. The van der Waals surface area contributed by atoms with Crippen molar-refractivity contribution in [2.75, 3.05) is 33.2 Å². The van der Waals surface area contributed by atoms with Gasteiger partial charge in [-0.2, -0.15) is 0 Å². The zero-order valence-corrected chi connectivity index (χ0v) is 13.0. The largest absolute Gasteiger partial charge is 0.493 e. The quantitative estimate of drug-likeness (QED) is 0.641. The lowest BCUT2D eigenvalue weighted by atomic mass is 10.1. The average molecular weight is 326 g/mol. The fourth-order valence-corrected chi connectivity index (χ4v) is 1.74. The van der Waals surface area contributed by atoms with E-state index in [1.807, 2.05) is 0 Å². The van der Waals surface area contributed by atoms with Gasteiger partial charge in [-0.25, -0.2) is 9.59 Å². The van der Waals surface area contributed by atoms with Gasteiger partial charge in [-0.1, -0.05) is 0 Å². The Bertz CT molecular complexity index is 601. The summed E-state index contributed by atoms with van der Waals surface area (Å²) in [6.45, 7) is -0.0443. The van der Waals surface area contributed by atoms with Gasteiger partial charge in [-0.3, -0.25) is 4.79 Å². The summed E-state index contributed by atoms with van der Waals surface area (Å²) in [5, 5.41) is 13.4. The number of carboxylic acids is 1. The van der Waals surface area contributed by atoms with Gasteiger partial charge in [-0.05, 0) is 12.1 Å². The SMILES string of the molecule is COC(=O)c1cc(NC(=O)NCCC(=O)O)c(OC)c(OC)c1. The lowest BCUT2D eigenvalue weighted by Gasteiger charge is -2.15. The van der Waals surface area contributed by atoms with E-state index in [4.69, 9.17) is 14.6 Å². The number of esters is 1. The van der Waals surface area contributed by atoms with Gasteiger partial charge in [0.25, 0.3) is 0 Å². The molecule has 1 aromatic carbocycles. The third-order valence-corrected chi connectivity index (χ3v) is 2.77. The predicted molar refractivity (Wildman–Crippen MR) is 80.2 cm³/mol. The molecule has 0 saturated carbocycles. The Kier molecular flexibility index (Phi) is 6.66. The Morgan fingerprint density at radius 2 is 1.83 bits per heavy atom. The van der Waals surface area contributed by atoms with Crippen LogP contribution in [0.2, 0.25) is 0 Å². The summed E-state index contributed by atoms with van der Waals surface area (Å²) in [7, 11) is 3.99. The van der Waals surface area contributed by atoms with Crippen molar-refractivity contribution in [3.05, 3.63) is 17.7 Å². The number of rotatable bonds is 7. The van der Waals surface area contributed by atoms with Crippen LogP contribution in [0.25, 0.3) is 0 Å². The molecule has 1 rings (SSSR count). The van der Waals surface area contributed by atoms with Gasteiger partial charge >= 0.3 is 18.0 Å². The Labute approximate surface area is 132 Å². The van der Waals surface area contributed by atoms with Gasteiger partial charge in [0.05, 0.1) is 39.0 Å². The first kappa shape index (κ1) is 18.1. The smallest absolute Gasteiger partial charge is 0.338 e. The third kappa shape index (κ3) is 5.06. The lowest BCUT2D eigenvalue weighted by molar-refractivity contribution is -0.136. The number of anilines is 1. The molecule has 0 aliphatic heterocycles. The zero-order valence-electron chi connectivity index (χ0n) is 13.0. The minimum atomic E-state index is -1.03. The Hall–Kier alpha value is -2.97. The van der Waals surface area contributed by atoms with Crippen molar-refractivity contribution in [3.8, 4) is 11.5 Å². The minimum absolute atomic E-state index is 0.0443. The molecule has 126 valence electrons. The summed E-state index contributed by atoms with van der Waals surface area (Å²) in [5.41, 5.74) is 0.339. The van der Waals surface area contributed by atoms with Crippen molar-refractivity contribution < 1.29 is 33.7 Å². The number of urea groups is 1. The molecule has 0 spiro atoms. The second-order valence-corrected chi connectivity index (χ2v) is 4.28. The molecule has 0 aromatic heterocycles. The van der Waals surface area contributed by atoms with Crippen LogP contribution in [0, 0.1) is 0 Å². The van der Waals surface area contributed by atoms with Crippen LogP contribution in [0.4, 0.5) is 10.5 Å². The maximum absolute atomic E-state index is 11.8. The molecule has 0 fully saturated rings. The first-order valence-corrected chi connectivity index (χ1v) is 6.53. The highest BCUT2D eigenvalue weighted by Crippen LogP contribution is 2.36. The molecular formula is C14H18N2O7. The van der Waals surface area contributed by atoms with Gasteiger partial charge < -0.3 is 30.0 Å². The van der Waals surface area contributed by atoms with Crippen molar-refractivity contribution in [2.45, 2.75) is 6.42 Å². The summed E-state index contributed by atoms with van der Waals surface area (Å²) >= 11 is 0. The monoisotopic (exact) mass is 326 g/mol. The molecule has 0 saturated heterocycles. The number of nitrogens with one attached hydrogen (secondary N) is 2. The molecular weight excluding hydrogens is 308 g/mol. The Balaban J connectivity index is 3.00. The number of carbonyl (C=O) groups is 3. The van der Waals surface area contributed by atoms with Crippen LogP contribution < -0.4 is 20.1 Å². The first-order valence-electron chi connectivity index (χ1n) is 6.53. The molecule has 0 radical (unpaired) electrons. The van der Waals surface area contributed by atoms with Crippen LogP contribution in [-0.2, 0) is 9.53 Å². The van der Waals surface area contributed by atoms with E-state index in [9.17, 15) is 14.4 Å². The maximum atomic E-state index is 11.8. The van der Waals surface area contributed by atoms with E-state index in [2.05, 4.69) is 15.4 Å². The second kappa shape index (κ2) is 8.47. The molecule has 0 atom stereocenters. The lowest BCUT2D eigenvalue weighted by Crippen LogP contribution is -2.30. The van der Waals surface area contributed by atoms with Crippen LogP contribution in [0.3, 0.4) is 0 Å². The molecule has 0 aliphatic carbocycles. The number of carbonyl (C=O) groups excluding carboxylic acids is 2. The molecule has 0 bridgehead atoms. The fourth-order valence-electron chi connectivity index (χ4n) is 1.74. The number of amides is 2. The van der Waals surface area contributed by atoms with Crippen molar-refractivity contribution in [1.82, 2.24) is 5.32 Å². The molecule has 0 unspecified atom stereocenters. The highest BCUT2D eigenvalue weighted by molar-refractivity contribution is 5.96. The molecule has 1 aromatic rings. The van der Waals surface area contributed by atoms with Gasteiger partial charge in [0.2, 0.25) is 0 Å². The van der Waals surface area contributed by atoms with Crippen molar-refractivity contribution >= 4 is 23.7 Å². The van der Waals surface area contributed by atoms with E-state index in [0.29, 0.717) is 0 Å². The molecule has 2 amide bonds. The summed E-state index contributed by atoms with van der Waals surface area (Å²) in [4.78, 5) is 33.9. The van der Waals surface area contributed by atoms with Crippen LogP contribution in [0.5, 0.6) is 11.5 Å². The van der Waals surface area contributed by atoms with Crippen molar-refractivity contribution in [1.29, 1.82) is 0 Å². The molecule has 3 N–H and O–H groups in total. The van der Waals surface area contributed by atoms with Gasteiger partial charge in [0.1, 0.15) is 0 Å². The highest BCUT2D eigenvalue weighted by atomic mass is 16.5. The van der Waals surface area contributed by atoms with Crippen LogP contribution >= 0.6 is 0 Å². The zero-order chi connectivity index (χ0) is 17.4. The summed E-state index contributed by atoms with van der Waals surface area (Å²) < 4.78 is 14.9. The van der Waals surface area contributed by atoms with Crippen LogP contribution in [-0.4, -0.2) is 51.0 Å². The number of carboxylic acid groups (broad SMARTS) is 1. The fraction of sp³-hybridized carbons (Fsp3) is 0.357. The Morgan fingerprint density at radius 1 is 1.13 bits per heavy atom.